The van der Waals surface area contributed by atoms with Gasteiger partial charge in [-0.15, -0.1) is 0 Å². The first-order chi connectivity index (χ1) is 14.4. The van der Waals surface area contributed by atoms with Crippen molar-refractivity contribution in [2.45, 2.75) is 33.7 Å². The van der Waals surface area contributed by atoms with Crippen molar-refractivity contribution in [1.82, 2.24) is 5.32 Å². The Morgan fingerprint density at radius 1 is 0.967 bits per heavy atom. The summed E-state index contributed by atoms with van der Waals surface area (Å²) >= 11 is 0. The zero-order valence-electron chi connectivity index (χ0n) is 18.1. The van der Waals surface area contributed by atoms with Gasteiger partial charge in [0.1, 0.15) is 6.04 Å². The summed E-state index contributed by atoms with van der Waals surface area (Å²) in [6.07, 6.45) is 0. The first-order valence-electron chi connectivity index (χ1n) is 10.3. The number of rotatable bonds is 10. The van der Waals surface area contributed by atoms with Crippen molar-refractivity contribution in [3.63, 3.8) is 0 Å². The monoisotopic (exact) mass is 414 g/mol. The number of urea groups is 1. The van der Waals surface area contributed by atoms with Crippen LogP contribution in [0.4, 0.5) is 10.5 Å². The van der Waals surface area contributed by atoms with Crippen molar-refractivity contribution in [2.75, 3.05) is 25.1 Å². The number of imide groups is 1. The molecular weight excluding hydrogens is 382 g/mol. The molecule has 4 N–H and O–H groups in total. The zero-order chi connectivity index (χ0) is 21.9. The molecule has 162 valence electrons. The van der Waals surface area contributed by atoms with Crippen molar-refractivity contribution >= 4 is 17.6 Å². The summed E-state index contributed by atoms with van der Waals surface area (Å²) in [6, 6.07) is 14.7. The smallest absolute Gasteiger partial charge is 0.326 e. The maximum Gasteiger partial charge on any atom is 0.326 e. The number of amides is 3. The van der Waals surface area contributed by atoms with Gasteiger partial charge in [-0.3, -0.25) is 10.1 Å². The summed E-state index contributed by atoms with van der Waals surface area (Å²) in [5, 5.41) is 6.99. The molecule has 0 aliphatic heterocycles. The summed E-state index contributed by atoms with van der Waals surface area (Å²) in [5.41, 5.74) is 1.67. The average Bonchev–Trinajstić information content (AvgIpc) is 2.71. The molecule has 30 heavy (non-hydrogen) atoms. The molecule has 0 heterocycles. The Hall–Kier alpha value is -3.06. The average molecular weight is 415 g/mol. The van der Waals surface area contributed by atoms with Crippen molar-refractivity contribution in [1.29, 1.82) is 0 Å². The maximum absolute atomic E-state index is 12.3. The second-order valence-electron chi connectivity index (χ2n) is 7.15. The van der Waals surface area contributed by atoms with Crippen LogP contribution in [0.1, 0.15) is 39.3 Å². The number of hydrogen-bond donors (Lipinski definition) is 3. The molecule has 7 nitrogen and oxygen atoms in total. The fourth-order valence-electron chi connectivity index (χ4n) is 3.17. The van der Waals surface area contributed by atoms with Gasteiger partial charge in [0.05, 0.1) is 13.2 Å². The summed E-state index contributed by atoms with van der Waals surface area (Å²) in [5.74, 6) is 1.14. The largest absolute Gasteiger partial charge is 0.490 e. The molecule has 0 spiro atoms. The molecule has 7 heteroatoms. The molecule has 3 amide bonds. The van der Waals surface area contributed by atoms with Crippen LogP contribution in [-0.2, 0) is 4.79 Å². The molecule has 0 saturated carbocycles. The predicted molar refractivity (Wildman–Crippen MR) is 117 cm³/mol. The van der Waals surface area contributed by atoms with Gasteiger partial charge >= 0.3 is 6.03 Å². The van der Waals surface area contributed by atoms with Gasteiger partial charge in [0.15, 0.2) is 18.0 Å². The number of nitrogens with two attached hydrogens (primary N) is 1. The Morgan fingerprint density at radius 3 is 2.27 bits per heavy atom. The van der Waals surface area contributed by atoms with Crippen molar-refractivity contribution in [2.24, 2.45) is 5.92 Å². The number of hydrogen-bond acceptors (Lipinski definition) is 4. The maximum atomic E-state index is 12.3. The summed E-state index contributed by atoms with van der Waals surface area (Å²) in [6.45, 7) is 9.12. The van der Waals surface area contributed by atoms with E-state index < -0.39 is 6.03 Å². The fourth-order valence-corrected chi connectivity index (χ4v) is 3.17. The molecule has 0 saturated heterocycles. The van der Waals surface area contributed by atoms with Gasteiger partial charge in [-0.2, -0.15) is 0 Å². The van der Waals surface area contributed by atoms with Crippen molar-refractivity contribution in [3.05, 3.63) is 54.1 Å². The first-order valence-corrected chi connectivity index (χ1v) is 10.3. The van der Waals surface area contributed by atoms with Crippen LogP contribution in [0.2, 0.25) is 0 Å². The molecule has 2 rings (SSSR count). The minimum absolute atomic E-state index is 0.139. The van der Waals surface area contributed by atoms with Crippen molar-refractivity contribution < 1.29 is 24.4 Å². The highest BCUT2D eigenvalue weighted by Crippen LogP contribution is 2.30. The second kappa shape index (κ2) is 11.8. The third-order valence-electron chi connectivity index (χ3n) is 4.51. The Bertz CT molecular complexity index is 824. The van der Waals surface area contributed by atoms with Crippen LogP contribution < -0.4 is 25.4 Å². The lowest BCUT2D eigenvalue weighted by Crippen LogP contribution is -2.88. The first kappa shape index (κ1) is 23.2. The number of ether oxygens (including phenoxy) is 2. The molecule has 2 aromatic rings. The third kappa shape index (κ3) is 7.08. The van der Waals surface area contributed by atoms with E-state index in [-0.39, 0.29) is 18.5 Å². The lowest BCUT2D eigenvalue weighted by atomic mass is 9.96. The summed E-state index contributed by atoms with van der Waals surface area (Å²) in [4.78, 5) is 24.5. The van der Waals surface area contributed by atoms with E-state index in [1.54, 1.807) is 18.2 Å². The van der Waals surface area contributed by atoms with Crippen LogP contribution in [0, 0.1) is 5.92 Å². The number of nitrogens with one attached hydrogen (secondary N) is 2. The van der Waals surface area contributed by atoms with Gasteiger partial charge in [-0.25, -0.2) is 4.79 Å². The van der Waals surface area contributed by atoms with Gasteiger partial charge in [-0.1, -0.05) is 44.2 Å². The van der Waals surface area contributed by atoms with Gasteiger partial charge in [0.25, 0.3) is 5.91 Å². The van der Waals surface area contributed by atoms with E-state index in [0.717, 1.165) is 5.56 Å². The van der Waals surface area contributed by atoms with Crippen LogP contribution >= 0.6 is 0 Å². The van der Waals surface area contributed by atoms with E-state index in [0.29, 0.717) is 36.3 Å². The molecule has 2 aromatic carbocycles. The SMILES string of the molecule is CCOc1ccc(NC(=O)NC(=O)C[NH2+][C@@H](c2ccccc2)C(C)C)cc1OCC. The number of quaternary nitrogens is 1. The predicted octanol–water partition coefficient (Wildman–Crippen LogP) is 3.09. The standard InChI is InChI=1S/C23H31N3O4/c1-5-29-19-13-12-18(14-20(19)30-6-2)25-23(28)26-21(27)15-24-22(16(3)4)17-10-8-7-9-11-17/h7-14,16,22,24H,5-6,15H2,1-4H3,(H2,25,26,27,28)/p+1/t22-/m1/s1. The van der Waals surface area contributed by atoms with Gasteiger partial charge in [-0.05, 0) is 26.0 Å². The van der Waals surface area contributed by atoms with E-state index in [2.05, 4.69) is 24.5 Å². The molecule has 0 aliphatic rings. The van der Waals surface area contributed by atoms with E-state index in [4.69, 9.17) is 9.47 Å². The summed E-state index contributed by atoms with van der Waals surface area (Å²) < 4.78 is 11.1. The quantitative estimate of drug-likeness (QED) is 0.557. The lowest BCUT2D eigenvalue weighted by Gasteiger charge is -2.19. The Balaban J connectivity index is 1.91. The Kier molecular flexibility index (Phi) is 9.15. The zero-order valence-corrected chi connectivity index (χ0v) is 18.1. The van der Waals surface area contributed by atoms with E-state index in [1.165, 1.54) is 0 Å². The molecular formula is C23H32N3O4+. The summed E-state index contributed by atoms with van der Waals surface area (Å²) in [7, 11) is 0. The Labute approximate surface area is 178 Å². The Morgan fingerprint density at radius 2 is 1.63 bits per heavy atom. The molecule has 0 bridgehead atoms. The van der Waals surface area contributed by atoms with E-state index in [1.807, 2.05) is 49.5 Å². The fraction of sp³-hybridized carbons (Fsp3) is 0.391. The van der Waals surface area contributed by atoms with Crippen LogP contribution in [0.5, 0.6) is 11.5 Å². The van der Waals surface area contributed by atoms with Crippen LogP contribution in [0.15, 0.2) is 48.5 Å². The van der Waals surface area contributed by atoms with Crippen LogP contribution in [0.25, 0.3) is 0 Å². The van der Waals surface area contributed by atoms with Gasteiger partial charge < -0.3 is 20.1 Å². The number of benzene rings is 2. The van der Waals surface area contributed by atoms with Crippen LogP contribution in [0.3, 0.4) is 0 Å². The van der Waals surface area contributed by atoms with Gasteiger partial charge in [0.2, 0.25) is 0 Å². The van der Waals surface area contributed by atoms with Crippen LogP contribution in [-0.4, -0.2) is 31.7 Å². The molecule has 0 fully saturated rings. The minimum atomic E-state index is -0.583. The topological polar surface area (TPSA) is 93.3 Å². The molecule has 0 radical (unpaired) electrons. The van der Waals surface area contributed by atoms with E-state index in [9.17, 15) is 9.59 Å². The van der Waals surface area contributed by atoms with E-state index >= 15 is 0 Å². The highest BCUT2D eigenvalue weighted by molar-refractivity contribution is 6.01. The molecule has 0 aliphatic carbocycles. The number of anilines is 1. The number of carbonyl (C=O) groups is 2. The number of carbonyl (C=O) groups excluding carboxylic acids is 2. The van der Waals surface area contributed by atoms with Gasteiger partial charge in [0, 0.05) is 23.2 Å². The highest BCUT2D eigenvalue weighted by atomic mass is 16.5. The molecule has 1 atom stereocenters. The van der Waals surface area contributed by atoms with Crippen molar-refractivity contribution in [3.8, 4) is 11.5 Å². The normalized spacial score (nSPS) is 11.6. The molecule has 0 aromatic heterocycles. The third-order valence-corrected chi connectivity index (χ3v) is 4.51. The lowest BCUT2D eigenvalue weighted by molar-refractivity contribution is -0.692. The molecule has 0 unspecified atom stereocenters. The highest BCUT2D eigenvalue weighted by Gasteiger charge is 2.21. The second-order valence-corrected chi connectivity index (χ2v) is 7.15. The minimum Gasteiger partial charge on any atom is -0.490 e.